The molecule has 11 heteroatoms. The molecular weight excluding hydrogens is 498 g/mol. The minimum absolute atomic E-state index is 0. The van der Waals surface area contributed by atoms with E-state index in [4.69, 9.17) is 9.26 Å². The van der Waals surface area contributed by atoms with Gasteiger partial charge in [-0.25, -0.2) is 4.79 Å². The zero-order valence-corrected chi connectivity index (χ0v) is 21.7. The number of allylic oxidation sites excluding steroid dienone is 3. The van der Waals surface area contributed by atoms with Crippen LogP contribution in [0.25, 0.3) is 5.57 Å². The number of nitrogens with one attached hydrogen (secondary N) is 1. The number of dihydropyridines is 1. The molecule has 3 aromatic rings. The van der Waals surface area contributed by atoms with Crippen LogP contribution in [0.4, 0.5) is 5.69 Å². The number of nitrogens with zero attached hydrogens (tertiary/aromatic N) is 4. The summed E-state index contributed by atoms with van der Waals surface area (Å²) in [5.74, 6) is -0.543. The van der Waals surface area contributed by atoms with E-state index in [1.165, 1.54) is 19.2 Å². The second-order valence-electron chi connectivity index (χ2n) is 8.65. The molecule has 1 unspecified atom stereocenters. The summed E-state index contributed by atoms with van der Waals surface area (Å²) in [6.45, 7) is 4.74. The van der Waals surface area contributed by atoms with Gasteiger partial charge in [-0.3, -0.25) is 15.0 Å². The van der Waals surface area contributed by atoms with Crippen LogP contribution in [0.5, 0.6) is 0 Å². The van der Waals surface area contributed by atoms with Crippen molar-refractivity contribution in [2.45, 2.75) is 32.9 Å². The number of esters is 1. The third-order valence-corrected chi connectivity index (χ3v) is 5.99. The van der Waals surface area contributed by atoms with E-state index in [2.05, 4.69) is 20.4 Å². The van der Waals surface area contributed by atoms with Gasteiger partial charge in [-0.1, -0.05) is 47.6 Å². The average Bonchev–Trinajstić information content (AvgIpc) is 3.31. The van der Waals surface area contributed by atoms with Gasteiger partial charge < -0.3 is 14.6 Å². The standard InChI is InChI=1S/C26H27N5O5.ClH/c1-16-22(25-28-21(29-36-25)15-30(3)14-18-9-6-5-7-10-18)24(23(17(2)27-16)26(32)35-4)19-11-8-12-20(13-19)31(33)34;/h5-13,24,27H,14-15H2,1-4H3;1H. The van der Waals surface area contributed by atoms with E-state index in [0.29, 0.717) is 47.0 Å². The SMILES string of the molecule is COC(=O)C1=C(C)NC(C)=C(c2nc(CN(C)Cc3ccccc3)no2)C1c1cccc([N+](=O)[O-])c1.Cl. The third kappa shape index (κ3) is 6.04. The molecule has 0 amide bonds. The number of aromatic nitrogens is 2. The fourth-order valence-corrected chi connectivity index (χ4v) is 4.43. The van der Waals surface area contributed by atoms with E-state index in [0.717, 1.165) is 5.56 Å². The predicted octanol–water partition coefficient (Wildman–Crippen LogP) is 4.60. The highest BCUT2D eigenvalue weighted by molar-refractivity contribution is 5.96. The zero-order chi connectivity index (χ0) is 25.8. The molecule has 0 aliphatic carbocycles. The topological polar surface area (TPSA) is 124 Å². The first-order valence-electron chi connectivity index (χ1n) is 11.3. The molecule has 37 heavy (non-hydrogen) atoms. The van der Waals surface area contributed by atoms with E-state index >= 15 is 0 Å². The Balaban J connectivity index is 0.00000380. The van der Waals surface area contributed by atoms with Crippen LogP contribution >= 0.6 is 12.4 Å². The summed E-state index contributed by atoms with van der Waals surface area (Å²) >= 11 is 0. The Morgan fingerprint density at radius 3 is 2.54 bits per heavy atom. The largest absolute Gasteiger partial charge is 0.466 e. The van der Waals surface area contributed by atoms with Gasteiger partial charge in [0.25, 0.3) is 11.6 Å². The van der Waals surface area contributed by atoms with E-state index < -0.39 is 16.8 Å². The fourth-order valence-electron chi connectivity index (χ4n) is 4.43. The average molecular weight is 526 g/mol. The van der Waals surface area contributed by atoms with Crippen LogP contribution in [0.3, 0.4) is 0 Å². The van der Waals surface area contributed by atoms with Crippen LogP contribution in [0.1, 0.15) is 42.6 Å². The molecule has 1 N–H and O–H groups in total. The van der Waals surface area contributed by atoms with Crippen molar-refractivity contribution >= 4 is 29.6 Å². The van der Waals surface area contributed by atoms with Gasteiger partial charge in [-0.05, 0) is 32.0 Å². The molecule has 0 saturated heterocycles. The lowest BCUT2D eigenvalue weighted by Gasteiger charge is -2.29. The Labute approximate surface area is 220 Å². The van der Waals surface area contributed by atoms with Crippen molar-refractivity contribution in [1.29, 1.82) is 0 Å². The number of hydrogen-bond donors (Lipinski definition) is 1. The van der Waals surface area contributed by atoms with Crippen molar-refractivity contribution in [2.24, 2.45) is 0 Å². The second kappa shape index (κ2) is 11.8. The van der Waals surface area contributed by atoms with Crippen LogP contribution in [0, 0.1) is 10.1 Å². The number of ether oxygens (including phenoxy) is 1. The number of carbonyl (C=O) groups excluding carboxylic acids is 1. The number of methoxy groups -OCH3 is 1. The van der Waals surface area contributed by atoms with Crippen LogP contribution in [0.15, 0.2) is 76.1 Å². The maximum Gasteiger partial charge on any atom is 0.336 e. The maximum atomic E-state index is 12.8. The summed E-state index contributed by atoms with van der Waals surface area (Å²) in [7, 11) is 3.26. The lowest BCUT2D eigenvalue weighted by molar-refractivity contribution is -0.384. The molecule has 1 aliphatic rings. The van der Waals surface area contributed by atoms with E-state index in [9.17, 15) is 14.9 Å². The van der Waals surface area contributed by atoms with Gasteiger partial charge in [0, 0.05) is 35.6 Å². The van der Waals surface area contributed by atoms with Crippen LogP contribution < -0.4 is 5.32 Å². The molecule has 2 aromatic carbocycles. The number of rotatable bonds is 8. The van der Waals surface area contributed by atoms with Crippen LogP contribution in [-0.2, 0) is 22.6 Å². The number of halogens is 1. The van der Waals surface area contributed by atoms with Gasteiger partial charge in [0.15, 0.2) is 5.82 Å². The van der Waals surface area contributed by atoms with Crippen LogP contribution in [-0.4, -0.2) is 40.1 Å². The summed E-state index contributed by atoms with van der Waals surface area (Å²) in [4.78, 5) is 30.5. The lowest BCUT2D eigenvalue weighted by Crippen LogP contribution is -2.28. The highest BCUT2D eigenvalue weighted by Gasteiger charge is 2.37. The normalized spacial score (nSPS) is 15.3. The Hall–Kier alpha value is -4.02. The molecule has 194 valence electrons. The quantitative estimate of drug-likeness (QED) is 0.255. The van der Waals surface area contributed by atoms with E-state index in [1.807, 2.05) is 44.3 Å². The monoisotopic (exact) mass is 525 g/mol. The number of nitro benzene ring substituents is 1. The van der Waals surface area contributed by atoms with Crippen molar-refractivity contribution in [2.75, 3.05) is 14.2 Å². The fraction of sp³-hybridized carbons (Fsp3) is 0.269. The highest BCUT2D eigenvalue weighted by atomic mass is 35.5. The summed E-state index contributed by atoms with van der Waals surface area (Å²) in [5.41, 5.74) is 3.78. The van der Waals surface area contributed by atoms with Gasteiger partial charge in [0.05, 0.1) is 30.1 Å². The van der Waals surface area contributed by atoms with Crippen molar-refractivity contribution in [3.8, 4) is 0 Å². The minimum Gasteiger partial charge on any atom is -0.466 e. The Bertz CT molecular complexity index is 1350. The van der Waals surface area contributed by atoms with Gasteiger partial charge >= 0.3 is 5.97 Å². The number of non-ortho nitro benzene ring substituents is 1. The number of nitro groups is 1. The first-order valence-corrected chi connectivity index (χ1v) is 11.3. The third-order valence-electron chi connectivity index (χ3n) is 5.99. The zero-order valence-electron chi connectivity index (χ0n) is 20.9. The minimum atomic E-state index is -0.700. The van der Waals surface area contributed by atoms with E-state index in [-0.39, 0.29) is 24.0 Å². The molecule has 0 bridgehead atoms. The molecule has 0 fully saturated rings. The molecule has 0 radical (unpaired) electrons. The summed E-state index contributed by atoms with van der Waals surface area (Å²) in [5, 5.41) is 18.8. The van der Waals surface area contributed by atoms with Gasteiger partial charge in [0.2, 0.25) is 0 Å². The Morgan fingerprint density at radius 1 is 1.14 bits per heavy atom. The Kier molecular flexibility index (Phi) is 8.80. The number of benzene rings is 2. The summed E-state index contributed by atoms with van der Waals surface area (Å²) in [6, 6.07) is 16.2. The van der Waals surface area contributed by atoms with E-state index in [1.54, 1.807) is 19.1 Å². The lowest BCUT2D eigenvalue weighted by atomic mass is 9.80. The summed E-state index contributed by atoms with van der Waals surface area (Å²) in [6.07, 6.45) is 0. The first kappa shape index (κ1) is 27.6. The first-order chi connectivity index (χ1) is 17.3. The maximum absolute atomic E-state index is 12.8. The molecule has 4 rings (SSSR count). The van der Waals surface area contributed by atoms with Crippen molar-refractivity contribution in [1.82, 2.24) is 20.4 Å². The predicted molar refractivity (Wildman–Crippen MR) is 139 cm³/mol. The van der Waals surface area contributed by atoms with Crippen LogP contribution in [0.2, 0.25) is 0 Å². The van der Waals surface area contributed by atoms with Crippen molar-refractivity contribution in [3.63, 3.8) is 0 Å². The Morgan fingerprint density at radius 2 is 1.86 bits per heavy atom. The van der Waals surface area contributed by atoms with Gasteiger partial charge in [-0.15, -0.1) is 12.4 Å². The molecule has 0 saturated carbocycles. The molecule has 10 nitrogen and oxygen atoms in total. The summed E-state index contributed by atoms with van der Waals surface area (Å²) < 4.78 is 10.7. The molecule has 1 aromatic heterocycles. The van der Waals surface area contributed by atoms with Gasteiger partial charge in [0.1, 0.15) is 0 Å². The second-order valence-corrected chi connectivity index (χ2v) is 8.65. The highest BCUT2D eigenvalue weighted by Crippen LogP contribution is 2.43. The van der Waals surface area contributed by atoms with Crippen molar-refractivity contribution in [3.05, 3.63) is 105 Å². The molecule has 1 atom stereocenters. The van der Waals surface area contributed by atoms with Crippen molar-refractivity contribution < 1.29 is 19.0 Å². The van der Waals surface area contributed by atoms with Gasteiger partial charge in [-0.2, -0.15) is 4.98 Å². The number of carbonyl (C=O) groups is 1. The smallest absolute Gasteiger partial charge is 0.336 e. The molecule has 0 spiro atoms. The molecule has 1 aliphatic heterocycles. The molecular formula is C26H28ClN5O5. The molecule has 2 heterocycles. The number of hydrogen-bond acceptors (Lipinski definition) is 9.